The van der Waals surface area contributed by atoms with Gasteiger partial charge in [0, 0.05) is 33.5 Å². The number of aromatic nitrogens is 3. The quantitative estimate of drug-likeness (QED) is 0.191. The van der Waals surface area contributed by atoms with Gasteiger partial charge < -0.3 is 9.31 Å². The van der Waals surface area contributed by atoms with Crippen molar-refractivity contribution in [3.05, 3.63) is 97.2 Å². The molecule has 0 saturated carbocycles. The summed E-state index contributed by atoms with van der Waals surface area (Å²) in [6, 6.07) is 31.1. The van der Waals surface area contributed by atoms with Gasteiger partial charge in [-0.1, -0.05) is 78.9 Å². The van der Waals surface area contributed by atoms with Gasteiger partial charge in [-0.25, -0.2) is 9.97 Å². The molecule has 0 atom stereocenters. The monoisotopic (exact) mass is 509 g/mol. The van der Waals surface area contributed by atoms with Crippen LogP contribution >= 0.6 is 0 Å². The lowest BCUT2D eigenvalue weighted by Crippen LogP contribution is -2.41. The molecule has 0 radical (unpaired) electrons. The Bertz CT molecular complexity index is 1870. The Kier molecular flexibility index (Phi) is 5.34. The highest BCUT2D eigenvalue weighted by Crippen LogP contribution is 2.37. The van der Waals surface area contributed by atoms with Crippen molar-refractivity contribution in [3.63, 3.8) is 0 Å². The average Bonchev–Trinajstić information content (AvgIpc) is 3.18. The molecular weight excluding hydrogens is 481 g/mol. The summed E-state index contributed by atoms with van der Waals surface area (Å²) in [6.07, 6.45) is 1.92. The highest BCUT2D eigenvalue weighted by Gasteiger charge is 2.51. The average molecular weight is 509 g/mol. The molecule has 1 aliphatic heterocycles. The van der Waals surface area contributed by atoms with Crippen LogP contribution in [0.5, 0.6) is 0 Å². The lowest BCUT2D eigenvalue weighted by molar-refractivity contribution is 0.00578. The predicted octanol–water partition coefficient (Wildman–Crippen LogP) is 6.96. The van der Waals surface area contributed by atoms with Crippen molar-refractivity contribution in [1.29, 1.82) is 0 Å². The summed E-state index contributed by atoms with van der Waals surface area (Å²) in [5, 5.41) is 4.31. The molecule has 0 N–H and O–H groups in total. The number of para-hydroxylation sites is 1. The maximum atomic E-state index is 6.27. The van der Waals surface area contributed by atoms with Crippen molar-refractivity contribution in [2.75, 3.05) is 0 Å². The van der Waals surface area contributed by atoms with Crippen molar-refractivity contribution in [1.82, 2.24) is 15.0 Å². The summed E-state index contributed by atoms with van der Waals surface area (Å²) in [6.45, 7) is 8.29. The zero-order valence-corrected chi connectivity index (χ0v) is 22.5. The molecule has 1 aliphatic rings. The van der Waals surface area contributed by atoms with E-state index in [1.807, 2.05) is 42.6 Å². The van der Waals surface area contributed by atoms with Gasteiger partial charge in [0.1, 0.15) is 0 Å². The summed E-state index contributed by atoms with van der Waals surface area (Å²) in [7, 11) is -0.402. The minimum absolute atomic E-state index is 0.379. The van der Waals surface area contributed by atoms with E-state index < -0.39 is 7.12 Å². The first kappa shape index (κ1) is 24.0. The molecule has 0 aliphatic carbocycles. The molecule has 4 aromatic carbocycles. The fraction of sp³-hybridized carbons (Fsp3) is 0.182. The van der Waals surface area contributed by atoms with E-state index in [2.05, 4.69) is 82.3 Å². The molecule has 6 heteroatoms. The summed E-state index contributed by atoms with van der Waals surface area (Å²) in [4.78, 5) is 14.8. The van der Waals surface area contributed by atoms with E-state index >= 15 is 0 Å². The molecule has 0 spiro atoms. The van der Waals surface area contributed by atoms with Crippen LogP contribution < -0.4 is 5.46 Å². The van der Waals surface area contributed by atoms with Crippen LogP contribution in [0, 0.1) is 0 Å². The van der Waals surface area contributed by atoms with Crippen LogP contribution in [0.1, 0.15) is 27.7 Å². The van der Waals surface area contributed by atoms with Gasteiger partial charge in [0.05, 0.1) is 27.9 Å². The minimum Gasteiger partial charge on any atom is -0.399 e. The second-order valence-corrected chi connectivity index (χ2v) is 11.2. The van der Waals surface area contributed by atoms with Crippen molar-refractivity contribution >= 4 is 45.2 Å². The SMILES string of the molecule is CC1(C)OB(c2ccc3c(cnc4cc(-c5nc(-c6ccccc6)c6ccccc6n5)ccc43)c2)OC1(C)C. The number of hydrogen-bond donors (Lipinski definition) is 0. The fourth-order valence-corrected chi connectivity index (χ4v) is 5.23. The van der Waals surface area contributed by atoms with Crippen molar-refractivity contribution in [2.24, 2.45) is 0 Å². The first-order valence-corrected chi connectivity index (χ1v) is 13.3. The zero-order chi connectivity index (χ0) is 26.8. The third-order valence-corrected chi connectivity index (χ3v) is 8.14. The molecule has 6 aromatic rings. The Morgan fingerprint density at radius 3 is 2.13 bits per heavy atom. The summed E-state index contributed by atoms with van der Waals surface area (Å²) >= 11 is 0. The van der Waals surface area contributed by atoms with Crippen LogP contribution in [-0.4, -0.2) is 33.3 Å². The number of rotatable bonds is 3. The van der Waals surface area contributed by atoms with Crippen molar-refractivity contribution in [3.8, 4) is 22.6 Å². The molecule has 2 aromatic heterocycles. The number of nitrogens with zero attached hydrogens (tertiary/aromatic N) is 3. The normalized spacial score (nSPS) is 16.4. The topological polar surface area (TPSA) is 57.1 Å². The zero-order valence-electron chi connectivity index (χ0n) is 22.5. The Labute approximate surface area is 228 Å². The third kappa shape index (κ3) is 3.99. The molecule has 7 rings (SSSR count). The lowest BCUT2D eigenvalue weighted by atomic mass is 9.78. The maximum absolute atomic E-state index is 6.27. The van der Waals surface area contributed by atoms with E-state index in [-0.39, 0.29) is 11.2 Å². The van der Waals surface area contributed by atoms with Crippen LogP contribution in [0.15, 0.2) is 97.2 Å². The predicted molar refractivity (Wildman–Crippen MR) is 159 cm³/mol. The third-order valence-electron chi connectivity index (χ3n) is 8.14. The molecule has 0 bridgehead atoms. The summed E-state index contributed by atoms with van der Waals surface area (Å²) in [5.74, 6) is 0.687. The molecule has 0 unspecified atom stereocenters. The van der Waals surface area contributed by atoms with Crippen LogP contribution in [0.2, 0.25) is 0 Å². The van der Waals surface area contributed by atoms with Crippen molar-refractivity contribution in [2.45, 2.75) is 38.9 Å². The Morgan fingerprint density at radius 2 is 1.33 bits per heavy atom. The maximum Gasteiger partial charge on any atom is 0.494 e. The molecule has 190 valence electrons. The minimum atomic E-state index is -0.402. The smallest absolute Gasteiger partial charge is 0.399 e. The van der Waals surface area contributed by atoms with E-state index in [0.29, 0.717) is 5.82 Å². The highest BCUT2D eigenvalue weighted by molar-refractivity contribution is 6.62. The van der Waals surface area contributed by atoms with Crippen LogP contribution in [0.25, 0.3) is 55.2 Å². The standard InChI is InChI=1S/C33H28BN3O2/c1-32(2)33(3,4)39-34(38-32)24-15-17-25-23(18-24)20-35-29-19-22(14-16-26(25)29)31-36-28-13-9-8-12-27(28)30(37-31)21-10-6-5-7-11-21/h5-20H,1-4H3. The Hall–Kier alpha value is -4.13. The molecule has 1 saturated heterocycles. The van der Waals surface area contributed by atoms with Gasteiger partial charge in [0.15, 0.2) is 5.82 Å². The van der Waals surface area contributed by atoms with Gasteiger partial charge in [-0.2, -0.15) is 0 Å². The molecular formula is C33H28BN3O2. The second kappa shape index (κ2) is 8.70. The van der Waals surface area contributed by atoms with E-state index in [9.17, 15) is 0 Å². The van der Waals surface area contributed by atoms with Crippen LogP contribution in [0.4, 0.5) is 0 Å². The lowest BCUT2D eigenvalue weighted by Gasteiger charge is -2.32. The van der Waals surface area contributed by atoms with Gasteiger partial charge in [-0.15, -0.1) is 0 Å². The summed E-state index contributed by atoms with van der Waals surface area (Å²) in [5.41, 5.74) is 5.00. The molecule has 5 nitrogen and oxygen atoms in total. The van der Waals surface area contributed by atoms with Gasteiger partial charge in [0.25, 0.3) is 0 Å². The van der Waals surface area contributed by atoms with E-state index in [1.165, 1.54) is 0 Å². The molecule has 1 fully saturated rings. The molecule has 0 amide bonds. The number of benzene rings is 4. The van der Waals surface area contributed by atoms with Gasteiger partial charge in [0.2, 0.25) is 0 Å². The first-order chi connectivity index (χ1) is 18.8. The van der Waals surface area contributed by atoms with Crippen LogP contribution in [-0.2, 0) is 9.31 Å². The highest BCUT2D eigenvalue weighted by atomic mass is 16.7. The van der Waals surface area contributed by atoms with Gasteiger partial charge in [-0.3, -0.25) is 4.98 Å². The fourth-order valence-electron chi connectivity index (χ4n) is 5.23. The number of pyridine rings is 1. The van der Waals surface area contributed by atoms with E-state index in [1.54, 1.807) is 0 Å². The Morgan fingerprint density at radius 1 is 0.615 bits per heavy atom. The van der Waals surface area contributed by atoms with Gasteiger partial charge in [-0.05, 0) is 50.7 Å². The van der Waals surface area contributed by atoms with Crippen molar-refractivity contribution < 1.29 is 9.31 Å². The van der Waals surface area contributed by atoms with Crippen LogP contribution in [0.3, 0.4) is 0 Å². The largest absolute Gasteiger partial charge is 0.494 e. The number of hydrogen-bond acceptors (Lipinski definition) is 5. The first-order valence-electron chi connectivity index (χ1n) is 13.3. The second-order valence-electron chi connectivity index (χ2n) is 11.2. The Balaban J connectivity index is 1.30. The molecule has 39 heavy (non-hydrogen) atoms. The summed E-state index contributed by atoms with van der Waals surface area (Å²) < 4.78 is 12.5. The molecule has 3 heterocycles. The van der Waals surface area contributed by atoms with E-state index in [0.717, 1.165) is 54.9 Å². The van der Waals surface area contributed by atoms with E-state index in [4.69, 9.17) is 24.3 Å². The number of fused-ring (bicyclic) bond motifs is 4. The van der Waals surface area contributed by atoms with Gasteiger partial charge >= 0.3 is 7.12 Å².